The molecule has 1 fully saturated rings. The number of nitrogens with zero attached hydrogens (tertiary/aromatic N) is 1. The molecule has 3 aromatic rings. The minimum Gasteiger partial charge on any atom is -0.542 e. The molecule has 0 unspecified atom stereocenters. The number of aryl methyl sites for hydroxylation is 1. The first-order chi connectivity index (χ1) is 12.9. The van der Waals surface area contributed by atoms with Gasteiger partial charge in [0.2, 0.25) is 0 Å². The molecule has 1 saturated carbocycles. The van der Waals surface area contributed by atoms with Gasteiger partial charge in [-0.1, -0.05) is 73.5 Å². The summed E-state index contributed by atoms with van der Waals surface area (Å²) in [6, 6.07) is 19.8. The second-order valence-corrected chi connectivity index (χ2v) is 6.23. The van der Waals surface area contributed by atoms with Crippen LogP contribution in [-0.2, 0) is 11.2 Å². The molecule has 4 rings (SSSR count). The van der Waals surface area contributed by atoms with E-state index in [4.69, 9.17) is 4.42 Å². The Balaban J connectivity index is 0.000000379. The van der Waals surface area contributed by atoms with Crippen molar-refractivity contribution >= 4 is 6.29 Å². The van der Waals surface area contributed by atoms with Crippen LogP contribution in [0.4, 0.5) is 0 Å². The molecular formula is C23H23KNO2-. The van der Waals surface area contributed by atoms with E-state index in [1.807, 2.05) is 66.9 Å². The number of oxazole rings is 1. The molecule has 0 atom stereocenters. The molecular weight excluding hydrogens is 361 g/mol. The number of benzene rings is 2. The van der Waals surface area contributed by atoms with Crippen molar-refractivity contribution < 1.29 is 60.6 Å². The number of hydrogen-bond donors (Lipinski definition) is 0. The van der Waals surface area contributed by atoms with Crippen LogP contribution in [0.15, 0.2) is 65.1 Å². The molecule has 0 amide bonds. The number of carbonyl (C=O) groups excluding carboxylic acids is 1. The van der Waals surface area contributed by atoms with Gasteiger partial charge >= 0.3 is 51.4 Å². The zero-order valence-corrected chi connectivity index (χ0v) is 19.0. The maximum absolute atomic E-state index is 10.4. The maximum atomic E-state index is 10.4. The minimum absolute atomic E-state index is 0. The summed E-state index contributed by atoms with van der Waals surface area (Å²) >= 11 is 0. The van der Waals surface area contributed by atoms with Crippen molar-refractivity contribution in [1.29, 1.82) is 0 Å². The van der Waals surface area contributed by atoms with E-state index in [-0.39, 0.29) is 51.4 Å². The summed E-state index contributed by atoms with van der Waals surface area (Å²) in [5, 5.41) is 0. The van der Waals surface area contributed by atoms with Gasteiger partial charge in [0.05, 0.1) is 0 Å². The van der Waals surface area contributed by atoms with Crippen LogP contribution >= 0.6 is 0 Å². The van der Waals surface area contributed by atoms with Crippen LogP contribution in [0.3, 0.4) is 0 Å². The van der Waals surface area contributed by atoms with Gasteiger partial charge in [0, 0.05) is 17.5 Å². The van der Waals surface area contributed by atoms with Crippen LogP contribution in [0, 0.1) is 6.42 Å². The van der Waals surface area contributed by atoms with Gasteiger partial charge in [0.25, 0.3) is 0 Å². The first kappa shape index (κ1) is 22.2. The quantitative estimate of drug-likeness (QED) is 0.502. The van der Waals surface area contributed by atoms with Gasteiger partial charge in [0.1, 0.15) is 5.69 Å². The third-order valence-corrected chi connectivity index (χ3v) is 4.26. The third-order valence-electron chi connectivity index (χ3n) is 4.26. The van der Waals surface area contributed by atoms with Gasteiger partial charge in [-0.25, -0.2) is 4.98 Å². The Morgan fingerprint density at radius 3 is 2.04 bits per heavy atom. The summed E-state index contributed by atoms with van der Waals surface area (Å²) in [7, 11) is 0. The summed E-state index contributed by atoms with van der Waals surface area (Å²) in [5.41, 5.74) is 2.79. The van der Waals surface area contributed by atoms with Gasteiger partial charge in [-0.2, -0.15) is 12.8 Å². The summed E-state index contributed by atoms with van der Waals surface area (Å²) < 4.78 is 5.87. The molecule has 0 N–H and O–H groups in total. The molecule has 3 nitrogen and oxygen atoms in total. The average molecular weight is 385 g/mol. The summed E-state index contributed by atoms with van der Waals surface area (Å²) in [6.45, 7) is 0. The van der Waals surface area contributed by atoms with E-state index in [1.165, 1.54) is 25.7 Å². The van der Waals surface area contributed by atoms with Crippen LogP contribution < -0.4 is 51.4 Å². The smallest absolute Gasteiger partial charge is 0.542 e. The van der Waals surface area contributed by atoms with Crippen molar-refractivity contribution in [2.24, 2.45) is 0 Å². The van der Waals surface area contributed by atoms with E-state index in [1.54, 1.807) is 0 Å². The largest absolute Gasteiger partial charge is 1.00 e. The van der Waals surface area contributed by atoms with Crippen molar-refractivity contribution in [1.82, 2.24) is 4.98 Å². The molecule has 0 saturated heterocycles. The first-order valence-electron chi connectivity index (χ1n) is 9.15. The van der Waals surface area contributed by atoms with E-state index < -0.39 is 0 Å². The normalized spacial score (nSPS) is 12.6. The van der Waals surface area contributed by atoms with Gasteiger partial charge in [0.15, 0.2) is 11.7 Å². The topological polar surface area (TPSA) is 43.1 Å². The minimum atomic E-state index is 0. The zero-order valence-electron chi connectivity index (χ0n) is 15.9. The Labute approximate surface area is 204 Å². The van der Waals surface area contributed by atoms with Gasteiger partial charge < -0.3 is 15.6 Å². The van der Waals surface area contributed by atoms with E-state index in [0.29, 0.717) is 18.7 Å². The Kier molecular flexibility index (Phi) is 10.2. The van der Waals surface area contributed by atoms with Crippen LogP contribution in [0.25, 0.3) is 22.6 Å². The average Bonchev–Trinajstić information content (AvgIpc) is 3.41. The van der Waals surface area contributed by atoms with E-state index in [9.17, 15) is 4.79 Å². The fourth-order valence-electron chi connectivity index (χ4n) is 2.93. The molecule has 0 radical (unpaired) electrons. The molecule has 1 heterocycles. The van der Waals surface area contributed by atoms with Crippen LogP contribution in [0.2, 0.25) is 0 Å². The Morgan fingerprint density at radius 1 is 0.926 bits per heavy atom. The number of hydrogen-bond acceptors (Lipinski definition) is 3. The first-order valence-corrected chi connectivity index (χ1v) is 9.15. The van der Waals surface area contributed by atoms with Crippen LogP contribution in [0.5, 0.6) is 0 Å². The predicted molar refractivity (Wildman–Crippen MR) is 104 cm³/mol. The van der Waals surface area contributed by atoms with Crippen LogP contribution in [0.1, 0.15) is 38.0 Å². The Morgan fingerprint density at radius 2 is 1.52 bits per heavy atom. The van der Waals surface area contributed by atoms with Crippen molar-refractivity contribution in [2.45, 2.75) is 38.5 Å². The fourth-order valence-corrected chi connectivity index (χ4v) is 2.93. The van der Waals surface area contributed by atoms with E-state index in [0.717, 1.165) is 22.6 Å². The second-order valence-electron chi connectivity index (χ2n) is 6.23. The third kappa shape index (κ3) is 6.81. The summed E-state index contributed by atoms with van der Waals surface area (Å²) in [6.07, 6.45) is 10.6. The number of rotatable bonds is 5. The molecule has 0 bridgehead atoms. The molecule has 27 heavy (non-hydrogen) atoms. The monoisotopic (exact) mass is 384 g/mol. The molecule has 1 aliphatic carbocycles. The standard InChI is InChI=1S/C18H14NO2.C5H9.K/c20-13-7-12-16-19-17(14-8-3-1-4-9-14)18(21-16)15-10-5-2-6-11-15;1-2-4-5-3-1;/h1-6,8-11H,7,12H2;1H,2-5H2;/q2*-1;+1. The summed E-state index contributed by atoms with van der Waals surface area (Å²) in [4.78, 5) is 15.0. The van der Waals surface area contributed by atoms with Crippen molar-refractivity contribution in [3.05, 3.63) is 73.0 Å². The van der Waals surface area contributed by atoms with Gasteiger partial charge in [-0.05, 0) is 0 Å². The molecule has 134 valence electrons. The predicted octanol–water partition coefficient (Wildman–Crippen LogP) is 2.82. The van der Waals surface area contributed by atoms with Crippen molar-refractivity contribution in [3.63, 3.8) is 0 Å². The van der Waals surface area contributed by atoms with E-state index >= 15 is 0 Å². The molecule has 4 heteroatoms. The molecule has 1 aromatic heterocycles. The molecule has 1 aliphatic rings. The second kappa shape index (κ2) is 12.4. The molecule has 0 spiro atoms. The van der Waals surface area contributed by atoms with Crippen LogP contribution in [-0.4, -0.2) is 11.3 Å². The van der Waals surface area contributed by atoms with Crippen molar-refractivity contribution in [3.8, 4) is 22.6 Å². The Hall–Kier alpha value is -1.04. The van der Waals surface area contributed by atoms with E-state index in [2.05, 4.69) is 11.4 Å². The number of aromatic nitrogens is 1. The van der Waals surface area contributed by atoms with Gasteiger partial charge in [-0.15, -0.1) is 6.42 Å². The fraction of sp³-hybridized carbons (Fsp3) is 0.261. The molecule has 0 aliphatic heterocycles. The maximum Gasteiger partial charge on any atom is 1.00 e. The molecule has 2 aromatic carbocycles. The van der Waals surface area contributed by atoms with Gasteiger partial charge in [-0.3, -0.25) is 6.29 Å². The zero-order chi connectivity index (χ0) is 18.0. The summed E-state index contributed by atoms with van der Waals surface area (Å²) in [5.74, 6) is 1.30. The Bertz CT molecular complexity index is 731. The SMILES string of the molecule is O=[C-]CCc1nc(-c2ccccc2)c(-c2ccccc2)o1.[CH-]1CCCC1.[K+]. The van der Waals surface area contributed by atoms with Crippen molar-refractivity contribution in [2.75, 3.05) is 0 Å².